The van der Waals surface area contributed by atoms with Crippen molar-refractivity contribution in [2.45, 2.75) is 6.92 Å². The Morgan fingerprint density at radius 2 is 2.00 bits per heavy atom. The van der Waals surface area contributed by atoms with E-state index in [4.69, 9.17) is 4.74 Å². The summed E-state index contributed by atoms with van der Waals surface area (Å²) in [5.41, 5.74) is 1.51. The number of hydrogen-bond donors (Lipinski definition) is 0. The Bertz CT molecular complexity index is 444. The summed E-state index contributed by atoms with van der Waals surface area (Å²) in [4.78, 5) is 11.5. The van der Waals surface area contributed by atoms with E-state index in [0.29, 0.717) is 11.3 Å². The van der Waals surface area contributed by atoms with E-state index < -0.39 is 0 Å². The third-order valence-corrected chi connectivity index (χ3v) is 2.40. The fourth-order valence-corrected chi connectivity index (χ4v) is 1.52. The van der Waals surface area contributed by atoms with E-state index in [2.05, 4.69) is 6.58 Å². The summed E-state index contributed by atoms with van der Waals surface area (Å²) in [5, 5.41) is 0. The second-order valence-corrected chi connectivity index (χ2v) is 3.56. The molecule has 76 valence electrons. The summed E-state index contributed by atoms with van der Waals surface area (Å²) in [6.07, 6.45) is 3.71. The number of ether oxygens (including phenoxy) is 1. The maximum Gasteiger partial charge on any atom is 0.344 e. The van der Waals surface area contributed by atoms with Crippen LogP contribution < -0.4 is 0 Å². The van der Waals surface area contributed by atoms with Gasteiger partial charge in [-0.15, -0.1) is 6.58 Å². The van der Waals surface area contributed by atoms with Crippen LogP contribution in [0.2, 0.25) is 0 Å². The molecular formula is C13H12O2. The van der Waals surface area contributed by atoms with Crippen molar-refractivity contribution < 1.29 is 9.53 Å². The van der Waals surface area contributed by atoms with Crippen molar-refractivity contribution in [2.75, 3.05) is 0 Å². The molecule has 2 rings (SSSR count). The predicted molar refractivity (Wildman–Crippen MR) is 59.2 cm³/mol. The Morgan fingerprint density at radius 3 is 2.67 bits per heavy atom. The molecule has 1 aliphatic rings. The van der Waals surface area contributed by atoms with Crippen molar-refractivity contribution in [2.24, 2.45) is 5.92 Å². The van der Waals surface area contributed by atoms with Crippen molar-refractivity contribution in [1.82, 2.24) is 0 Å². The van der Waals surface area contributed by atoms with Crippen LogP contribution in [-0.2, 0) is 4.74 Å². The van der Waals surface area contributed by atoms with Gasteiger partial charge in [0.1, 0.15) is 5.76 Å². The van der Waals surface area contributed by atoms with Crippen LogP contribution in [0.15, 0.2) is 43.0 Å². The van der Waals surface area contributed by atoms with Crippen molar-refractivity contribution in [3.63, 3.8) is 0 Å². The molecule has 0 aromatic heterocycles. The quantitative estimate of drug-likeness (QED) is 0.541. The van der Waals surface area contributed by atoms with Gasteiger partial charge in [-0.2, -0.15) is 0 Å². The Hall–Kier alpha value is -1.83. The fourth-order valence-electron chi connectivity index (χ4n) is 1.52. The second-order valence-electron chi connectivity index (χ2n) is 3.56. The molecule has 0 N–H and O–H groups in total. The molecule has 0 fully saturated rings. The molecule has 1 unspecified atom stereocenters. The highest BCUT2D eigenvalue weighted by Gasteiger charge is 2.25. The molecule has 1 aromatic carbocycles. The molecule has 0 aliphatic carbocycles. The molecule has 2 heteroatoms. The fraction of sp³-hybridized carbons (Fsp3) is 0.154. The van der Waals surface area contributed by atoms with Gasteiger partial charge < -0.3 is 4.74 Å². The molecule has 0 radical (unpaired) electrons. The molecule has 1 aliphatic heterocycles. The van der Waals surface area contributed by atoms with Crippen molar-refractivity contribution in [1.29, 1.82) is 0 Å². The first-order chi connectivity index (χ1) is 7.22. The maximum absolute atomic E-state index is 11.5. The van der Waals surface area contributed by atoms with Gasteiger partial charge in [0.05, 0.1) is 5.56 Å². The highest BCUT2D eigenvalue weighted by molar-refractivity contribution is 6.02. The maximum atomic E-state index is 11.5. The molecular weight excluding hydrogens is 188 g/mol. The first-order valence-electron chi connectivity index (χ1n) is 4.88. The van der Waals surface area contributed by atoms with Crippen LogP contribution in [0, 0.1) is 5.92 Å². The molecule has 0 saturated heterocycles. The minimum absolute atomic E-state index is 0.193. The lowest BCUT2D eigenvalue weighted by Gasteiger charge is -2.01. The lowest BCUT2D eigenvalue weighted by molar-refractivity contribution is 0.0715. The largest absolute Gasteiger partial charge is 0.423 e. The third-order valence-electron chi connectivity index (χ3n) is 2.40. The van der Waals surface area contributed by atoms with Gasteiger partial charge in [0.25, 0.3) is 0 Å². The van der Waals surface area contributed by atoms with Crippen molar-refractivity contribution in [3.8, 4) is 0 Å². The minimum atomic E-state index is -0.270. The van der Waals surface area contributed by atoms with Crippen LogP contribution in [0.5, 0.6) is 0 Å². The van der Waals surface area contributed by atoms with Crippen LogP contribution in [0.1, 0.15) is 22.8 Å². The van der Waals surface area contributed by atoms with E-state index in [0.717, 1.165) is 5.56 Å². The number of cyclic esters (lactones) is 1. The summed E-state index contributed by atoms with van der Waals surface area (Å²) in [6.45, 7) is 5.69. The van der Waals surface area contributed by atoms with Gasteiger partial charge in [-0.25, -0.2) is 4.79 Å². The zero-order chi connectivity index (χ0) is 10.8. The normalized spacial score (nSPS) is 18.5. The monoisotopic (exact) mass is 200 g/mol. The first kappa shape index (κ1) is 9.71. The van der Waals surface area contributed by atoms with E-state index in [1.54, 1.807) is 6.07 Å². The average Bonchev–Trinajstić information content (AvgIpc) is 2.57. The van der Waals surface area contributed by atoms with Gasteiger partial charge >= 0.3 is 5.97 Å². The molecule has 0 saturated carbocycles. The predicted octanol–water partition coefficient (Wildman–Crippen LogP) is 3.02. The molecule has 2 nitrogen and oxygen atoms in total. The highest BCUT2D eigenvalue weighted by Crippen LogP contribution is 2.30. The molecule has 15 heavy (non-hydrogen) atoms. The summed E-state index contributed by atoms with van der Waals surface area (Å²) < 4.78 is 5.18. The topological polar surface area (TPSA) is 26.3 Å². The van der Waals surface area contributed by atoms with Crippen LogP contribution in [0.3, 0.4) is 0 Å². The van der Waals surface area contributed by atoms with Crippen LogP contribution in [0.25, 0.3) is 5.76 Å². The van der Waals surface area contributed by atoms with Gasteiger partial charge in [-0.3, -0.25) is 0 Å². The number of carbonyl (C=O) groups excluding carboxylic acids is 1. The second kappa shape index (κ2) is 3.73. The van der Waals surface area contributed by atoms with Gasteiger partial charge in [0.15, 0.2) is 0 Å². The average molecular weight is 200 g/mol. The number of rotatable bonds is 2. The van der Waals surface area contributed by atoms with E-state index >= 15 is 0 Å². The Balaban J connectivity index is 2.45. The first-order valence-corrected chi connectivity index (χ1v) is 4.88. The van der Waals surface area contributed by atoms with Gasteiger partial charge in [0.2, 0.25) is 0 Å². The summed E-state index contributed by atoms with van der Waals surface area (Å²) in [7, 11) is 0. The van der Waals surface area contributed by atoms with Crippen LogP contribution in [-0.4, -0.2) is 5.97 Å². The third kappa shape index (κ3) is 1.71. The highest BCUT2D eigenvalue weighted by atomic mass is 16.5. The van der Waals surface area contributed by atoms with Crippen LogP contribution >= 0.6 is 0 Å². The van der Waals surface area contributed by atoms with Crippen LogP contribution in [0.4, 0.5) is 0 Å². The van der Waals surface area contributed by atoms with E-state index in [-0.39, 0.29) is 11.9 Å². The van der Waals surface area contributed by atoms with E-state index in [9.17, 15) is 4.79 Å². The van der Waals surface area contributed by atoms with Gasteiger partial charge in [-0.1, -0.05) is 31.2 Å². The standard InChI is InChI=1S/C13H12O2/c1-3-9(2)8-12-10-6-4-5-7-11(10)13(14)15-12/h3-9H,1H2,2H3. The number of carbonyl (C=O) groups is 1. The summed E-state index contributed by atoms with van der Waals surface area (Å²) >= 11 is 0. The Labute approximate surface area is 88.9 Å². The Kier molecular flexibility index (Phi) is 2.42. The summed E-state index contributed by atoms with van der Waals surface area (Å²) in [6, 6.07) is 7.39. The Morgan fingerprint density at radius 1 is 1.33 bits per heavy atom. The number of fused-ring (bicyclic) bond motifs is 1. The lowest BCUT2D eigenvalue weighted by Crippen LogP contribution is -1.92. The number of hydrogen-bond acceptors (Lipinski definition) is 2. The number of esters is 1. The molecule has 1 aromatic rings. The zero-order valence-electron chi connectivity index (χ0n) is 8.57. The van der Waals surface area contributed by atoms with Gasteiger partial charge in [0, 0.05) is 5.56 Å². The van der Waals surface area contributed by atoms with Crippen molar-refractivity contribution >= 4 is 11.7 Å². The SMILES string of the molecule is C=CC(C)C=C1OC(=O)c2ccccc21. The number of allylic oxidation sites excluding steroid dienone is 2. The molecule has 1 heterocycles. The number of benzene rings is 1. The van der Waals surface area contributed by atoms with E-state index in [1.807, 2.05) is 37.3 Å². The van der Waals surface area contributed by atoms with Crippen molar-refractivity contribution in [3.05, 3.63) is 54.1 Å². The molecule has 0 bridgehead atoms. The zero-order valence-corrected chi connectivity index (χ0v) is 8.57. The van der Waals surface area contributed by atoms with E-state index in [1.165, 1.54) is 0 Å². The van der Waals surface area contributed by atoms with Gasteiger partial charge in [-0.05, 0) is 18.1 Å². The molecule has 1 atom stereocenters. The minimum Gasteiger partial charge on any atom is -0.423 e. The molecule has 0 amide bonds. The lowest BCUT2D eigenvalue weighted by atomic mass is 10.1. The molecule has 0 spiro atoms. The summed E-state index contributed by atoms with van der Waals surface area (Å²) in [5.74, 6) is 0.565. The smallest absolute Gasteiger partial charge is 0.344 e.